The molecule has 0 aliphatic rings. The van der Waals surface area contributed by atoms with Gasteiger partial charge in [0.15, 0.2) is 12.2 Å². The van der Waals surface area contributed by atoms with E-state index in [-0.39, 0.29) is 25.7 Å². The summed E-state index contributed by atoms with van der Waals surface area (Å²) in [5.41, 5.74) is 0. The predicted molar refractivity (Wildman–Crippen MR) is 395 cm³/mol. The van der Waals surface area contributed by atoms with Crippen LogP contribution in [0.2, 0.25) is 0 Å². The van der Waals surface area contributed by atoms with E-state index < -0.39 is 97.5 Å². The van der Waals surface area contributed by atoms with Gasteiger partial charge in [-0.2, -0.15) is 0 Å². The van der Waals surface area contributed by atoms with E-state index in [0.717, 1.165) is 108 Å². The minimum absolute atomic E-state index is 0.106. The number of ether oxygens (including phenoxy) is 4. The van der Waals surface area contributed by atoms with Crippen LogP contribution in [0.15, 0.2) is 0 Å². The molecule has 0 saturated heterocycles. The molecule has 0 aliphatic heterocycles. The van der Waals surface area contributed by atoms with Gasteiger partial charge < -0.3 is 33.8 Å². The molecule has 0 bridgehead atoms. The summed E-state index contributed by atoms with van der Waals surface area (Å²) < 4.78 is 68.6. The molecular formula is C78H152O17P2. The molecule has 17 nitrogen and oxygen atoms in total. The van der Waals surface area contributed by atoms with Crippen LogP contribution in [0.5, 0.6) is 0 Å². The van der Waals surface area contributed by atoms with E-state index in [1.165, 1.54) is 212 Å². The van der Waals surface area contributed by atoms with Crippen molar-refractivity contribution in [2.24, 2.45) is 17.8 Å². The third-order valence-corrected chi connectivity index (χ3v) is 20.8. The maximum Gasteiger partial charge on any atom is 0.472 e. The molecule has 97 heavy (non-hydrogen) atoms. The summed E-state index contributed by atoms with van der Waals surface area (Å²) in [5.74, 6) is 0.317. The molecule has 0 spiro atoms. The fraction of sp³-hybridized carbons (Fsp3) is 0.949. The lowest BCUT2D eigenvalue weighted by atomic mass is 9.99. The largest absolute Gasteiger partial charge is 0.472 e. The minimum atomic E-state index is -4.96. The third-order valence-electron chi connectivity index (χ3n) is 18.9. The zero-order chi connectivity index (χ0) is 71.6. The molecule has 0 aromatic heterocycles. The van der Waals surface area contributed by atoms with Gasteiger partial charge in [0.1, 0.15) is 19.3 Å². The normalized spacial score (nSPS) is 14.6. The van der Waals surface area contributed by atoms with E-state index >= 15 is 0 Å². The molecular weight excluding hydrogens is 1270 g/mol. The number of hydrogen-bond donors (Lipinski definition) is 3. The van der Waals surface area contributed by atoms with Crippen LogP contribution in [-0.4, -0.2) is 96.7 Å². The predicted octanol–water partition coefficient (Wildman–Crippen LogP) is 23.0. The van der Waals surface area contributed by atoms with Crippen LogP contribution in [0.4, 0.5) is 0 Å². The molecule has 576 valence electrons. The van der Waals surface area contributed by atoms with Crippen molar-refractivity contribution < 1.29 is 80.2 Å². The Morgan fingerprint density at radius 3 is 0.784 bits per heavy atom. The zero-order valence-corrected chi connectivity index (χ0v) is 65.3. The molecule has 0 heterocycles. The van der Waals surface area contributed by atoms with Crippen LogP contribution in [0.25, 0.3) is 0 Å². The number of rotatable bonds is 76. The Kier molecular flexibility index (Phi) is 67.1. The number of phosphoric ester groups is 2. The van der Waals surface area contributed by atoms with Crippen LogP contribution >= 0.6 is 15.6 Å². The van der Waals surface area contributed by atoms with Crippen LogP contribution in [-0.2, 0) is 65.4 Å². The smallest absolute Gasteiger partial charge is 0.462 e. The van der Waals surface area contributed by atoms with Crippen molar-refractivity contribution >= 4 is 39.5 Å². The highest BCUT2D eigenvalue weighted by molar-refractivity contribution is 7.47. The molecule has 0 saturated carbocycles. The molecule has 0 radical (unpaired) electrons. The Morgan fingerprint density at radius 1 is 0.299 bits per heavy atom. The van der Waals surface area contributed by atoms with Gasteiger partial charge in [0.25, 0.3) is 0 Å². The standard InChI is InChI=1S/C78H152O17P2/c1-8-11-12-13-14-15-31-38-45-52-59-75(80)88-65-73(95-78(83)62-55-48-41-34-27-26-30-37-44-51-58-71(7)10-3)67-92-96(84,85)90-63-72(79)64-91-97(86,87)93-68-74(66-89-76(81)60-53-46-39-32-24-21-20-22-28-35-42-49-56-69(4)5)94-77(82)61-54-47-40-33-25-19-17-16-18-23-29-36-43-50-57-70(6)9-2/h69-74,79H,8-68H2,1-7H3,(H,84,85)(H,86,87)/t70?,71?,72-,73+,74+/m0/s1. The van der Waals surface area contributed by atoms with Crippen LogP contribution in [0, 0.1) is 17.8 Å². The van der Waals surface area contributed by atoms with Gasteiger partial charge in [-0.15, -0.1) is 0 Å². The van der Waals surface area contributed by atoms with E-state index in [1.807, 2.05) is 0 Å². The minimum Gasteiger partial charge on any atom is -0.462 e. The Morgan fingerprint density at radius 2 is 0.526 bits per heavy atom. The molecule has 19 heteroatoms. The average Bonchev–Trinajstić information content (AvgIpc) is 1.10. The van der Waals surface area contributed by atoms with Gasteiger partial charge in [-0.05, 0) is 43.4 Å². The van der Waals surface area contributed by atoms with Gasteiger partial charge in [0.05, 0.1) is 26.4 Å². The van der Waals surface area contributed by atoms with Crippen molar-refractivity contribution in [3.8, 4) is 0 Å². The van der Waals surface area contributed by atoms with Gasteiger partial charge in [-0.25, -0.2) is 9.13 Å². The highest BCUT2D eigenvalue weighted by Gasteiger charge is 2.30. The lowest BCUT2D eigenvalue weighted by Gasteiger charge is -2.21. The number of hydrogen-bond acceptors (Lipinski definition) is 15. The molecule has 0 amide bonds. The number of aliphatic hydroxyl groups excluding tert-OH is 1. The summed E-state index contributed by atoms with van der Waals surface area (Å²) in [6, 6.07) is 0. The zero-order valence-electron chi connectivity index (χ0n) is 63.5. The lowest BCUT2D eigenvalue weighted by Crippen LogP contribution is -2.30. The van der Waals surface area contributed by atoms with Crippen molar-refractivity contribution in [2.75, 3.05) is 39.6 Å². The van der Waals surface area contributed by atoms with Crippen molar-refractivity contribution in [2.45, 2.75) is 420 Å². The fourth-order valence-corrected chi connectivity index (χ4v) is 13.5. The van der Waals surface area contributed by atoms with Crippen molar-refractivity contribution in [1.29, 1.82) is 0 Å². The van der Waals surface area contributed by atoms with Gasteiger partial charge in [0.2, 0.25) is 0 Å². The first kappa shape index (κ1) is 95.1. The molecule has 0 rings (SSSR count). The summed E-state index contributed by atoms with van der Waals surface area (Å²) in [6.45, 7) is 12.0. The Balaban J connectivity index is 5.26. The molecule has 0 fully saturated rings. The molecule has 3 N–H and O–H groups in total. The second-order valence-electron chi connectivity index (χ2n) is 29.1. The Labute approximate surface area is 594 Å². The Bertz CT molecular complexity index is 1890. The summed E-state index contributed by atoms with van der Waals surface area (Å²) in [6.07, 6.45) is 55.2. The summed E-state index contributed by atoms with van der Waals surface area (Å²) >= 11 is 0. The highest BCUT2D eigenvalue weighted by atomic mass is 31.2. The summed E-state index contributed by atoms with van der Waals surface area (Å²) in [5, 5.41) is 10.6. The number of aliphatic hydroxyl groups is 1. The topological polar surface area (TPSA) is 237 Å². The van der Waals surface area contributed by atoms with Crippen LogP contribution < -0.4 is 0 Å². The molecule has 0 aliphatic carbocycles. The van der Waals surface area contributed by atoms with E-state index in [1.54, 1.807) is 0 Å². The van der Waals surface area contributed by atoms with Crippen LogP contribution in [0.1, 0.15) is 402 Å². The van der Waals surface area contributed by atoms with Gasteiger partial charge >= 0.3 is 39.5 Å². The molecule has 7 atom stereocenters. The third kappa shape index (κ3) is 69.5. The maximum atomic E-state index is 13.1. The second-order valence-corrected chi connectivity index (χ2v) is 32.0. The molecule has 4 unspecified atom stereocenters. The molecule has 0 aromatic carbocycles. The molecule has 0 aromatic rings. The van der Waals surface area contributed by atoms with Gasteiger partial charge in [0, 0.05) is 25.7 Å². The van der Waals surface area contributed by atoms with Gasteiger partial charge in [-0.3, -0.25) is 37.3 Å². The number of carbonyl (C=O) groups is 4. The van der Waals surface area contributed by atoms with E-state index in [2.05, 4.69) is 48.5 Å². The number of carbonyl (C=O) groups excluding carboxylic acids is 4. The number of unbranched alkanes of at least 4 members (excludes halogenated alkanes) is 42. The summed E-state index contributed by atoms with van der Waals surface area (Å²) in [7, 11) is -9.92. The lowest BCUT2D eigenvalue weighted by molar-refractivity contribution is -0.161. The van der Waals surface area contributed by atoms with Crippen molar-refractivity contribution in [3.63, 3.8) is 0 Å². The summed E-state index contributed by atoms with van der Waals surface area (Å²) in [4.78, 5) is 72.9. The first-order valence-electron chi connectivity index (χ1n) is 40.4. The quantitative estimate of drug-likeness (QED) is 0.0222. The number of phosphoric acid groups is 2. The second kappa shape index (κ2) is 68.5. The fourth-order valence-electron chi connectivity index (χ4n) is 11.9. The van der Waals surface area contributed by atoms with E-state index in [0.29, 0.717) is 25.7 Å². The van der Waals surface area contributed by atoms with E-state index in [9.17, 15) is 43.2 Å². The SMILES string of the molecule is CCCCCCCCCCCCC(=O)OC[C@H](COP(=O)(O)OC[C@H](O)COP(=O)(O)OC[C@@H](COC(=O)CCCCCCCCCCCCCCC(C)C)OC(=O)CCCCCCCCCCCCCCCCC(C)CC)OC(=O)CCCCCCCCCCCCC(C)CC. The van der Waals surface area contributed by atoms with Crippen molar-refractivity contribution in [3.05, 3.63) is 0 Å². The Hall–Kier alpha value is -1.94. The monoisotopic (exact) mass is 1420 g/mol. The van der Waals surface area contributed by atoms with Gasteiger partial charge in [-0.1, -0.05) is 350 Å². The van der Waals surface area contributed by atoms with Crippen LogP contribution in [0.3, 0.4) is 0 Å². The number of esters is 4. The van der Waals surface area contributed by atoms with Crippen molar-refractivity contribution in [1.82, 2.24) is 0 Å². The highest BCUT2D eigenvalue weighted by Crippen LogP contribution is 2.45. The maximum absolute atomic E-state index is 13.1. The van der Waals surface area contributed by atoms with E-state index in [4.69, 9.17) is 37.0 Å². The first-order valence-corrected chi connectivity index (χ1v) is 43.4. The first-order chi connectivity index (χ1) is 46.8. The average molecular weight is 1420 g/mol.